The van der Waals surface area contributed by atoms with Gasteiger partial charge in [-0.2, -0.15) is 39.9 Å². The number of alkyl halides is 5. The van der Waals surface area contributed by atoms with Crippen LogP contribution in [0.5, 0.6) is 0 Å². The molecule has 1 saturated heterocycles. The summed E-state index contributed by atoms with van der Waals surface area (Å²) in [5, 5.41) is 8.53. The van der Waals surface area contributed by atoms with Crippen LogP contribution in [0.1, 0.15) is 138 Å². The predicted molar refractivity (Wildman–Crippen MR) is 483 cm³/mol. The lowest BCUT2D eigenvalue weighted by molar-refractivity contribution is -0.247. The van der Waals surface area contributed by atoms with Gasteiger partial charge in [0.2, 0.25) is 23.8 Å². The normalized spacial score (nSPS) is 12.4. The van der Waals surface area contributed by atoms with Gasteiger partial charge in [-0.1, -0.05) is 120 Å². The quantitative estimate of drug-likeness (QED) is 0.00745. The molecule has 1 fully saturated rings. The Morgan fingerprint density at radius 3 is 1.11 bits per heavy atom. The van der Waals surface area contributed by atoms with Crippen LogP contribution in [0.2, 0.25) is 20.6 Å². The molecule has 1 aliphatic heterocycles. The topological polar surface area (TPSA) is 576 Å². The predicted octanol–water partition coefficient (Wildman–Crippen LogP) is 14.5. The first-order valence-electron chi connectivity index (χ1n) is 37.5. The third-order valence-corrected chi connectivity index (χ3v) is 19.8. The maximum absolute atomic E-state index is 12.7. The van der Waals surface area contributed by atoms with Crippen LogP contribution in [0, 0.1) is 0 Å². The molecule has 13 N–H and O–H groups in total. The molecule has 714 valence electrons. The van der Waals surface area contributed by atoms with Crippen LogP contribution in [0.25, 0.3) is 44.7 Å². The second-order valence-corrected chi connectivity index (χ2v) is 34.6. The minimum atomic E-state index is -4.40. The number of rotatable bonds is 40. The molecule has 0 bridgehead atoms. The van der Waals surface area contributed by atoms with Crippen molar-refractivity contribution < 1.29 is 105 Å². The Morgan fingerprint density at radius 2 is 0.821 bits per heavy atom. The molecule has 0 aliphatic carbocycles. The van der Waals surface area contributed by atoms with Gasteiger partial charge in [0.25, 0.3) is 0 Å². The van der Waals surface area contributed by atoms with Crippen LogP contribution in [0.15, 0.2) is 25.3 Å². The number of H-pyrrole nitrogens is 1. The Bertz CT molecular complexity index is 4080. The smallest absolute Gasteiger partial charge is 0.356 e. The number of hydrogen-bond acceptors (Lipinski definition) is 35. The molecule has 1 atom stereocenters. The molecular formula is C68H127Cl8FN21O21P4-. The Balaban J connectivity index is -0.000000673. The summed E-state index contributed by atoms with van der Waals surface area (Å²) in [6, 6.07) is 0.243. The van der Waals surface area contributed by atoms with Crippen LogP contribution in [0.4, 0.5) is 28.2 Å². The number of imidazole rings is 4. The van der Waals surface area contributed by atoms with E-state index >= 15 is 0 Å². The number of aromatic amines is 1. The van der Waals surface area contributed by atoms with Gasteiger partial charge in [0.05, 0.1) is 97.9 Å². The van der Waals surface area contributed by atoms with Gasteiger partial charge in [-0.3, -0.25) is 18.1 Å². The summed E-state index contributed by atoms with van der Waals surface area (Å²) in [5.41, 5.74) is 25.6. The number of ether oxygens (including phenoxy) is 8. The molecule has 0 saturated carbocycles. The van der Waals surface area contributed by atoms with E-state index in [9.17, 15) is 27.5 Å². The van der Waals surface area contributed by atoms with Gasteiger partial charge >= 0.3 is 22.8 Å². The lowest BCUT2D eigenvalue weighted by Gasteiger charge is -2.22. The number of nitrogens with one attached hydrogen (secondary N) is 1. The first-order valence-corrected chi connectivity index (χ1v) is 47.4. The van der Waals surface area contributed by atoms with E-state index in [2.05, 4.69) is 109 Å². The summed E-state index contributed by atoms with van der Waals surface area (Å²) >= 11 is 44.1. The van der Waals surface area contributed by atoms with Gasteiger partial charge in [-0.25, -0.2) is 19.9 Å². The maximum atomic E-state index is 12.7. The number of fused-ring (bicyclic) bond motifs is 4. The van der Waals surface area contributed by atoms with Crippen molar-refractivity contribution in [3.05, 3.63) is 45.9 Å². The van der Waals surface area contributed by atoms with Crippen molar-refractivity contribution in [2.24, 2.45) is 0 Å². The molecular weight excluding hydrogens is 1870 g/mol. The average molecular weight is 2000 g/mol. The van der Waals surface area contributed by atoms with Crippen molar-refractivity contribution in [1.29, 1.82) is 0 Å². The highest BCUT2D eigenvalue weighted by molar-refractivity contribution is 7.54. The molecule has 42 nitrogen and oxygen atoms in total. The van der Waals surface area contributed by atoms with Gasteiger partial charge in [0, 0.05) is 37.3 Å². The van der Waals surface area contributed by atoms with Crippen LogP contribution < -0.4 is 27.8 Å². The molecule has 1 aliphatic rings. The average Bonchev–Trinajstić information content (AvgIpc) is 1.64. The molecule has 1 unspecified atom stereocenters. The maximum Gasteiger partial charge on any atom is 0.356 e. The van der Waals surface area contributed by atoms with E-state index in [1.54, 1.807) is 75.4 Å². The summed E-state index contributed by atoms with van der Waals surface area (Å²) in [4.78, 5) is 88.8. The number of hydrogen-bond donors (Lipinski definition) is 9. The second-order valence-electron chi connectivity index (χ2n) is 24.9. The Labute approximate surface area is 760 Å². The van der Waals surface area contributed by atoms with Crippen molar-refractivity contribution in [1.82, 2.24) is 83.4 Å². The highest BCUT2D eigenvalue weighted by atomic mass is 35.5. The van der Waals surface area contributed by atoms with Crippen LogP contribution in [0.3, 0.4) is 0 Å². The Morgan fingerprint density at radius 1 is 0.512 bits per heavy atom. The van der Waals surface area contributed by atoms with Gasteiger partial charge in [-0.15, -0.1) is 34.8 Å². The molecule has 0 radical (unpaired) electrons. The first kappa shape index (κ1) is 123. The van der Waals surface area contributed by atoms with Crippen LogP contribution in [-0.4, -0.2) is 264 Å². The zero-order valence-electron chi connectivity index (χ0n) is 69.7. The van der Waals surface area contributed by atoms with Gasteiger partial charge in [0.15, 0.2) is 71.2 Å². The number of unbranched alkanes of at least 4 members (excludes halogenated alkanes) is 3. The van der Waals surface area contributed by atoms with Crippen molar-refractivity contribution in [3.8, 4) is 0 Å². The molecule has 0 spiro atoms. The number of nitrogens with zero attached hydrogens (tertiary/aromatic N) is 16. The molecule has 123 heavy (non-hydrogen) atoms. The zero-order valence-corrected chi connectivity index (χ0v) is 78.3. The highest BCUT2D eigenvalue weighted by Gasteiger charge is 2.30. The van der Waals surface area contributed by atoms with Crippen molar-refractivity contribution >= 4 is 192 Å². The number of anilines is 4. The number of nitrogen functional groups attached to an aromatic ring is 4. The largest absolute Gasteiger partial charge is 0.777 e. The highest BCUT2D eigenvalue weighted by Crippen LogP contribution is 2.51. The van der Waals surface area contributed by atoms with Crippen LogP contribution >= 0.6 is 123 Å². The van der Waals surface area contributed by atoms with Gasteiger partial charge < -0.3 is 132 Å². The minimum Gasteiger partial charge on any atom is -0.777 e. The summed E-state index contributed by atoms with van der Waals surface area (Å²) < 4.78 is 126. The van der Waals surface area contributed by atoms with E-state index in [-0.39, 0.29) is 138 Å². The fraction of sp³-hybridized carbons (Fsp3) is 0.706. The van der Waals surface area contributed by atoms with Crippen molar-refractivity contribution in [2.45, 2.75) is 181 Å². The van der Waals surface area contributed by atoms with Gasteiger partial charge in [-0.05, 0) is 94.3 Å². The molecule has 0 amide bonds. The van der Waals surface area contributed by atoms with E-state index < -0.39 is 50.2 Å². The van der Waals surface area contributed by atoms with E-state index in [0.717, 1.165) is 0 Å². The molecule has 55 heteroatoms. The summed E-state index contributed by atoms with van der Waals surface area (Å²) in [5.74, 6) is 1.47. The van der Waals surface area contributed by atoms with Crippen LogP contribution in [-0.2, 0) is 93.9 Å². The zero-order chi connectivity index (χ0) is 91.6. The summed E-state index contributed by atoms with van der Waals surface area (Å²) in [6.07, 6.45) is 11.8. The fourth-order valence-electron chi connectivity index (χ4n) is 8.67. The number of aliphatic hydroxyl groups excluding tert-OH is 1. The first-order chi connectivity index (χ1) is 57.2. The SMILES string of the molecule is C.C.C.C1OCOCO1.CC(C)OP(=O)(COCCCl)OC(C)C.CC(C)OP(=O)(COCCn1cnc2c(Cl)nc(N)nc21)OC(C)C.CCCCN(CCCC)CCCC.ClCCOCCl.Nc1nc(Cl)c2[nH]cnc2n1.Nc1nc(Cl)c2ncn(CCOCP(=O)(O)O)c2n1.Nc1nc(Cl)c2ncn(CCOCP(=O)([O-])O)c2n1.OCCCl.[2H]CF. The molecule has 9 rings (SSSR count). The Kier molecular flexibility index (Phi) is 71.7. The number of aromatic nitrogens is 16. The summed E-state index contributed by atoms with van der Waals surface area (Å²) in [6.45, 7) is 28.7. The second kappa shape index (κ2) is 71.7. The number of halogens is 9. The lowest BCUT2D eigenvalue weighted by Crippen LogP contribution is -2.27. The van der Waals surface area contributed by atoms with Gasteiger partial charge in [0.1, 0.15) is 53.5 Å². The monoisotopic (exact) mass is 2000 g/mol. The molecule has 8 aromatic rings. The number of nitrogens with two attached hydrogens (primary N) is 4. The molecule has 9 heterocycles. The Hall–Kier alpha value is -4.15. The van der Waals surface area contributed by atoms with E-state index in [4.69, 9.17) is 174 Å². The third-order valence-electron chi connectivity index (χ3n) is 13.1. The summed E-state index contributed by atoms with van der Waals surface area (Å²) in [7, 11) is -16.0. The molecule has 0 aromatic carbocycles. The van der Waals surface area contributed by atoms with Crippen molar-refractivity contribution in [3.63, 3.8) is 0 Å². The lowest BCUT2D eigenvalue weighted by atomic mass is 10.2. The fourth-order valence-corrected chi connectivity index (χ4v) is 14.2. The standard InChI is InChI=1S/C14H23ClN5O4P.C12H27N.C9H20ClO4P.2C8H11ClN5O4P.C5H4ClN5.C3H6Cl2O.C3H6O3.C2H5ClO.CH3F.3CH4/c1-9(2)23-25(21,24-10(3)4)8-22-6-5-20-7-17-11-12(15)18-14(16)19-13(11)20;1-4-7-10-13(11-8-5-2)12-9-6-3;1-8(2)13-15(11,14-9(3)4)7-12-6-5-10;2*9-6-5-7(13-8(10)12-6)14(3-11-5)1-2-18-4-19(15,16)17;6-3-2-4(9-1-8-2)11-5(7)10-3;4-1-2-6-3-5;1-4-2-6-3-5-1;3-1-2-4;1-2;;;/h7,9-10H,5-6,8H2,1-4H3,(H2,16,18,19);4-12H2,1-3H3;8-9H,5-7H2,1-4H3;2*3H,1-2,4H2,(H2,10,12,13)(H2,15,16,17);1H,(H3,7,8,9,10,11);2*1-3H2;4H,1-2H2;1H3;3*1H4/p-1/i;;;;;;;;;1D;;;. The van der Waals surface area contributed by atoms with E-state index in [0.29, 0.717) is 114 Å². The minimum absolute atomic E-state index is 0. The number of aliphatic hydroxyl groups is 1. The van der Waals surface area contributed by atoms with Crippen molar-refractivity contribution in [2.75, 3.05) is 159 Å². The van der Waals surface area contributed by atoms with E-state index in [1.807, 2.05) is 0 Å². The third kappa shape index (κ3) is 58.2. The molecule has 8 aromatic heterocycles. The van der Waals surface area contributed by atoms with E-state index in [1.165, 1.54) is 77.1 Å².